The van der Waals surface area contributed by atoms with E-state index in [1.54, 1.807) is 0 Å². The fourth-order valence-electron chi connectivity index (χ4n) is 1.40. The quantitative estimate of drug-likeness (QED) is 0.518. The molecule has 0 atom stereocenters. The fourth-order valence-corrected chi connectivity index (χ4v) is 1.40. The van der Waals surface area contributed by atoms with Crippen LogP contribution in [-0.2, 0) is 7.05 Å². The maximum absolute atomic E-state index is 12.7. The highest BCUT2D eigenvalue weighted by Gasteiger charge is 2.15. The van der Waals surface area contributed by atoms with E-state index in [1.165, 1.54) is 48.3 Å². The van der Waals surface area contributed by atoms with Crippen LogP contribution in [0.15, 0.2) is 35.6 Å². The van der Waals surface area contributed by atoms with Crippen LogP contribution in [-0.4, -0.2) is 20.7 Å². The highest BCUT2D eigenvalue weighted by molar-refractivity contribution is 5.78. The zero-order chi connectivity index (χ0) is 13.8. The van der Waals surface area contributed by atoms with Crippen LogP contribution in [0.2, 0.25) is 0 Å². The van der Waals surface area contributed by atoms with E-state index < -0.39 is 4.92 Å². The van der Waals surface area contributed by atoms with Gasteiger partial charge in [-0.2, -0.15) is 5.10 Å². The Bertz CT molecular complexity index is 621. The number of hydrazone groups is 1. The summed E-state index contributed by atoms with van der Waals surface area (Å²) < 4.78 is 14.0. The van der Waals surface area contributed by atoms with Gasteiger partial charge in [-0.1, -0.05) is 4.98 Å². The van der Waals surface area contributed by atoms with E-state index in [-0.39, 0.29) is 11.8 Å². The Labute approximate surface area is 107 Å². The molecule has 0 spiro atoms. The van der Waals surface area contributed by atoms with Gasteiger partial charge in [0.05, 0.1) is 18.9 Å². The lowest BCUT2D eigenvalue weighted by molar-refractivity contribution is -0.396. The second-order valence-corrected chi connectivity index (χ2v) is 3.68. The van der Waals surface area contributed by atoms with E-state index in [1.807, 2.05) is 0 Å². The summed E-state index contributed by atoms with van der Waals surface area (Å²) in [7, 11) is 1.52. The molecule has 0 saturated carbocycles. The summed E-state index contributed by atoms with van der Waals surface area (Å²) in [6.07, 6.45) is 2.73. The summed E-state index contributed by atoms with van der Waals surface area (Å²) in [6, 6.07) is 5.65. The molecule has 19 heavy (non-hydrogen) atoms. The molecule has 0 amide bonds. The van der Waals surface area contributed by atoms with Crippen molar-refractivity contribution in [3.8, 4) is 0 Å². The Balaban J connectivity index is 2.07. The van der Waals surface area contributed by atoms with E-state index in [9.17, 15) is 14.5 Å². The van der Waals surface area contributed by atoms with Gasteiger partial charge in [-0.3, -0.25) is 5.43 Å². The number of aromatic nitrogens is 2. The van der Waals surface area contributed by atoms with E-state index in [2.05, 4.69) is 15.5 Å². The number of nitro groups is 1. The van der Waals surface area contributed by atoms with Gasteiger partial charge in [-0.05, 0) is 29.2 Å². The van der Waals surface area contributed by atoms with E-state index >= 15 is 0 Å². The standard InChI is InChI=1S/C11H10FN5O2/c1-16-10(6-13-11(16)17(18)19)7-14-15-9-4-2-8(12)3-5-9/h2-7,15H,1H3/b14-7+. The Kier molecular flexibility index (Phi) is 3.51. The molecule has 0 radical (unpaired) electrons. The monoisotopic (exact) mass is 263 g/mol. The average molecular weight is 263 g/mol. The minimum atomic E-state index is -0.579. The largest absolute Gasteiger partial charge is 0.434 e. The molecule has 0 saturated heterocycles. The van der Waals surface area contributed by atoms with Crippen molar-refractivity contribution >= 4 is 17.9 Å². The van der Waals surface area contributed by atoms with Gasteiger partial charge < -0.3 is 10.1 Å². The van der Waals surface area contributed by atoms with Crippen molar-refractivity contribution in [1.82, 2.24) is 9.55 Å². The number of nitrogens with one attached hydrogen (secondary N) is 1. The van der Waals surface area contributed by atoms with Crippen LogP contribution < -0.4 is 5.43 Å². The third kappa shape index (κ3) is 2.92. The van der Waals surface area contributed by atoms with Gasteiger partial charge in [0, 0.05) is 0 Å². The van der Waals surface area contributed by atoms with Crippen molar-refractivity contribution in [1.29, 1.82) is 0 Å². The molecular weight excluding hydrogens is 253 g/mol. The minimum absolute atomic E-state index is 0.261. The van der Waals surface area contributed by atoms with Crippen LogP contribution in [0.5, 0.6) is 0 Å². The molecule has 0 aliphatic rings. The minimum Gasteiger partial charge on any atom is -0.390 e. The van der Waals surface area contributed by atoms with Crippen molar-refractivity contribution in [2.45, 2.75) is 0 Å². The molecule has 1 aromatic carbocycles. The van der Waals surface area contributed by atoms with Gasteiger partial charge in [0.25, 0.3) is 0 Å². The van der Waals surface area contributed by atoms with Crippen molar-refractivity contribution in [2.24, 2.45) is 12.1 Å². The molecule has 1 aromatic heterocycles. The Morgan fingerprint density at radius 2 is 2.16 bits per heavy atom. The first-order valence-electron chi connectivity index (χ1n) is 5.28. The van der Waals surface area contributed by atoms with Crippen LogP contribution in [0.1, 0.15) is 5.69 Å². The average Bonchev–Trinajstić information content (AvgIpc) is 2.74. The van der Waals surface area contributed by atoms with Crippen molar-refractivity contribution in [2.75, 3.05) is 5.43 Å². The normalized spacial score (nSPS) is 10.8. The van der Waals surface area contributed by atoms with Gasteiger partial charge in [0.2, 0.25) is 0 Å². The lowest BCUT2D eigenvalue weighted by Gasteiger charge is -1.98. The Hall–Kier alpha value is -2.77. The van der Waals surface area contributed by atoms with Gasteiger partial charge >= 0.3 is 5.95 Å². The van der Waals surface area contributed by atoms with Crippen molar-refractivity contribution in [3.63, 3.8) is 0 Å². The maximum Gasteiger partial charge on any atom is 0.434 e. The zero-order valence-corrected chi connectivity index (χ0v) is 9.95. The fraction of sp³-hybridized carbons (Fsp3) is 0.0909. The van der Waals surface area contributed by atoms with Crippen LogP contribution in [0.4, 0.5) is 16.0 Å². The molecule has 2 aromatic rings. The first-order chi connectivity index (χ1) is 9.08. The second-order valence-electron chi connectivity index (χ2n) is 3.68. The number of anilines is 1. The summed E-state index contributed by atoms with van der Waals surface area (Å²) in [4.78, 5) is 13.7. The molecule has 8 heteroatoms. The summed E-state index contributed by atoms with van der Waals surface area (Å²) in [6.45, 7) is 0. The number of hydrogen-bond donors (Lipinski definition) is 1. The SMILES string of the molecule is Cn1c(/C=N/Nc2ccc(F)cc2)cnc1[N+](=O)[O-]. The van der Waals surface area contributed by atoms with E-state index in [4.69, 9.17) is 0 Å². The smallest absolute Gasteiger partial charge is 0.390 e. The number of halogens is 1. The Morgan fingerprint density at radius 3 is 2.74 bits per heavy atom. The van der Waals surface area contributed by atoms with Crippen LogP contribution in [0.25, 0.3) is 0 Å². The first kappa shape index (κ1) is 12.7. The molecule has 0 unspecified atom stereocenters. The van der Waals surface area contributed by atoms with E-state index in [0.717, 1.165) is 0 Å². The van der Waals surface area contributed by atoms with E-state index in [0.29, 0.717) is 11.4 Å². The summed E-state index contributed by atoms with van der Waals surface area (Å²) >= 11 is 0. The van der Waals surface area contributed by atoms with Crippen LogP contribution in [0.3, 0.4) is 0 Å². The number of rotatable bonds is 4. The van der Waals surface area contributed by atoms with Gasteiger partial charge in [-0.15, -0.1) is 0 Å². The highest BCUT2D eigenvalue weighted by Crippen LogP contribution is 2.10. The molecule has 0 aliphatic heterocycles. The van der Waals surface area contributed by atoms with Gasteiger partial charge in [-0.25, -0.2) is 8.96 Å². The molecule has 1 heterocycles. The highest BCUT2D eigenvalue weighted by atomic mass is 19.1. The third-order valence-corrected chi connectivity index (χ3v) is 2.40. The van der Waals surface area contributed by atoms with Crippen molar-refractivity contribution < 1.29 is 9.31 Å². The summed E-state index contributed by atoms with van der Waals surface area (Å²) in [5.74, 6) is -0.597. The predicted molar refractivity (Wildman–Crippen MR) is 67.5 cm³/mol. The summed E-state index contributed by atoms with van der Waals surface area (Å²) in [5, 5.41) is 14.5. The topological polar surface area (TPSA) is 85.3 Å². The first-order valence-corrected chi connectivity index (χ1v) is 5.28. The lowest BCUT2D eigenvalue weighted by atomic mass is 10.3. The molecular formula is C11H10FN5O2. The zero-order valence-electron chi connectivity index (χ0n) is 9.95. The number of benzene rings is 1. The summed E-state index contributed by atoms with van der Waals surface area (Å²) in [5.41, 5.74) is 3.76. The number of nitrogens with zero attached hydrogens (tertiary/aromatic N) is 4. The molecule has 7 nitrogen and oxygen atoms in total. The maximum atomic E-state index is 12.7. The molecule has 1 N–H and O–H groups in total. The third-order valence-electron chi connectivity index (χ3n) is 2.40. The second kappa shape index (κ2) is 5.25. The van der Waals surface area contributed by atoms with Crippen LogP contribution in [0, 0.1) is 15.9 Å². The molecule has 0 aliphatic carbocycles. The molecule has 98 valence electrons. The van der Waals surface area contributed by atoms with Crippen molar-refractivity contribution in [3.05, 3.63) is 52.1 Å². The molecule has 2 rings (SSSR count). The number of hydrogen-bond acceptors (Lipinski definition) is 5. The Morgan fingerprint density at radius 1 is 1.47 bits per heavy atom. The molecule has 0 fully saturated rings. The van der Waals surface area contributed by atoms with Gasteiger partial charge in [0.15, 0.2) is 5.69 Å². The lowest BCUT2D eigenvalue weighted by Crippen LogP contribution is -2.02. The number of imidazole rings is 1. The van der Waals surface area contributed by atoms with Crippen LogP contribution >= 0.6 is 0 Å². The molecule has 0 bridgehead atoms. The predicted octanol–water partition coefficient (Wildman–Crippen LogP) is 1.91. The van der Waals surface area contributed by atoms with Gasteiger partial charge in [0.1, 0.15) is 12.0 Å².